The molecule has 28 heavy (non-hydrogen) atoms. The van der Waals surface area contributed by atoms with Gasteiger partial charge < -0.3 is 14.6 Å². The molecule has 0 spiro atoms. The number of benzene rings is 2. The maximum Gasteiger partial charge on any atom is 0.257 e. The Morgan fingerprint density at radius 1 is 1.04 bits per heavy atom. The molecule has 2 aromatic carbocycles. The Hall–Kier alpha value is -3.41. The fraction of sp³-hybridized carbons (Fsp3) is 0.182. The molecule has 3 rings (SSSR count). The first-order valence-electron chi connectivity index (χ1n) is 8.95. The molecule has 0 aliphatic heterocycles. The van der Waals surface area contributed by atoms with Crippen molar-refractivity contribution in [1.29, 1.82) is 0 Å². The number of anilines is 1. The number of aryl methyl sites for hydroxylation is 1. The van der Waals surface area contributed by atoms with Crippen molar-refractivity contribution in [1.82, 2.24) is 4.90 Å². The average molecular weight is 380 g/mol. The summed E-state index contributed by atoms with van der Waals surface area (Å²) in [5.41, 5.74) is 1.96. The van der Waals surface area contributed by atoms with Crippen LogP contribution in [0.15, 0.2) is 71.3 Å². The van der Waals surface area contributed by atoms with Crippen molar-refractivity contribution in [3.8, 4) is 0 Å². The molecule has 1 N–H and O–H groups in total. The van der Waals surface area contributed by atoms with Crippen LogP contribution in [0, 0.1) is 12.7 Å². The van der Waals surface area contributed by atoms with E-state index in [1.807, 2.05) is 30.3 Å². The van der Waals surface area contributed by atoms with E-state index in [1.165, 1.54) is 30.5 Å². The first kappa shape index (κ1) is 19.4. The monoisotopic (exact) mass is 380 g/mol. The minimum Gasteiger partial charge on any atom is -0.469 e. The van der Waals surface area contributed by atoms with Crippen molar-refractivity contribution in [2.45, 2.75) is 19.9 Å². The summed E-state index contributed by atoms with van der Waals surface area (Å²) < 4.78 is 18.2. The van der Waals surface area contributed by atoms with Crippen LogP contribution in [-0.4, -0.2) is 23.3 Å². The molecule has 2 amide bonds. The number of furan rings is 1. The number of rotatable bonds is 7. The zero-order valence-electron chi connectivity index (χ0n) is 15.5. The molecule has 0 saturated heterocycles. The summed E-state index contributed by atoms with van der Waals surface area (Å²) in [6.45, 7) is 2.36. The third-order valence-corrected chi connectivity index (χ3v) is 4.33. The van der Waals surface area contributed by atoms with Crippen molar-refractivity contribution in [3.05, 3.63) is 89.6 Å². The Kier molecular flexibility index (Phi) is 6.22. The molecule has 144 valence electrons. The van der Waals surface area contributed by atoms with Crippen LogP contribution in [0.2, 0.25) is 0 Å². The molecule has 3 aromatic rings. The molecule has 0 unspecified atom stereocenters. The fourth-order valence-corrected chi connectivity index (χ4v) is 2.83. The maximum absolute atomic E-state index is 13.0. The Bertz CT molecular complexity index is 936. The molecule has 1 heterocycles. The standard InChI is InChI=1S/C22H21FN2O3/c1-16-20(12-14-28-16)22(27)25(15-17-5-3-2-4-6-17)13-11-21(26)24-19-9-7-18(23)8-10-19/h2-10,12,14H,11,13,15H2,1H3,(H,24,26). The van der Waals surface area contributed by atoms with Gasteiger partial charge in [-0.2, -0.15) is 0 Å². The molecule has 0 radical (unpaired) electrons. The van der Waals surface area contributed by atoms with Gasteiger partial charge in [0.05, 0.1) is 11.8 Å². The highest BCUT2D eigenvalue weighted by Gasteiger charge is 2.20. The highest BCUT2D eigenvalue weighted by Crippen LogP contribution is 2.16. The van der Waals surface area contributed by atoms with Gasteiger partial charge >= 0.3 is 0 Å². The molecular weight excluding hydrogens is 359 g/mol. The number of carbonyl (C=O) groups is 2. The van der Waals surface area contributed by atoms with Crippen LogP contribution >= 0.6 is 0 Å². The van der Waals surface area contributed by atoms with Crippen LogP contribution in [0.3, 0.4) is 0 Å². The molecule has 6 heteroatoms. The van der Waals surface area contributed by atoms with E-state index in [4.69, 9.17) is 4.42 Å². The molecule has 0 aliphatic rings. The quantitative estimate of drug-likeness (QED) is 0.661. The van der Waals surface area contributed by atoms with E-state index in [0.717, 1.165) is 5.56 Å². The summed E-state index contributed by atoms with van der Waals surface area (Å²) in [5.74, 6) is -0.266. The Morgan fingerprint density at radius 3 is 2.39 bits per heavy atom. The van der Waals surface area contributed by atoms with E-state index in [1.54, 1.807) is 17.9 Å². The molecule has 1 aromatic heterocycles. The minimum atomic E-state index is -0.367. The van der Waals surface area contributed by atoms with Crippen molar-refractivity contribution >= 4 is 17.5 Å². The second kappa shape index (κ2) is 8.99. The number of amides is 2. The maximum atomic E-state index is 13.0. The van der Waals surface area contributed by atoms with Gasteiger partial charge in [-0.3, -0.25) is 9.59 Å². The van der Waals surface area contributed by atoms with Gasteiger partial charge in [-0.1, -0.05) is 30.3 Å². The average Bonchev–Trinajstić information content (AvgIpc) is 3.13. The van der Waals surface area contributed by atoms with Gasteiger partial charge in [-0.05, 0) is 42.8 Å². The van der Waals surface area contributed by atoms with E-state index >= 15 is 0 Å². The molecule has 0 saturated carbocycles. The number of halogens is 1. The lowest BCUT2D eigenvalue weighted by Gasteiger charge is -2.22. The number of carbonyl (C=O) groups excluding carboxylic acids is 2. The SMILES string of the molecule is Cc1occc1C(=O)N(CCC(=O)Nc1ccc(F)cc1)Cc1ccccc1. The minimum absolute atomic E-state index is 0.118. The Morgan fingerprint density at radius 2 is 1.75 bits per heavy atom. The van der Waals surface area contributed by atoms with E-state index < -0.39 is 0 Å². The van der Waals surface area contributed by atoms with Crippen LogP contribution in [0.5, 0.6) is 0 Å². The molecule has 0 atom stereocenters. The number of hydrogen-bond donors (Lipinski definition) is 1. The predicted molar refractivity (Wildman–Crippen MR) is 104 cm³/mol. The lowest BCUT2D eigenvalue weighted by Crippen LogP contribution is -2.33. The first-order valence-corrected chi connectivity index (χ1v) is 8.95. The van der Waals surface area contributed by atoms with E-state index in [2.05, 4.69) is 5.32 Å². The van der Waals surface area contributed by atoms with Crippen LogP contribution < -0.4 is 5.32 Å². The zero-order chi connectivity index (χ0) is 19.9. The van der Waals surface area contributed by atoms with Gasteiger partial charge in [0.2, 0.25) is 5.91 Å². The summed E-state index contributed by atoms with van der Waals surface area (Å²) in [6, 6.07) is 16.8. The third-order valence-electron chi connectivity index (χ3n) is 4.33. The highest BCUT2D eigenvalue weighted by atomic mass is 19.1. The Balaban J connectivity index is 1.68. The summed E-state index contributed by atoms with van der Waals surface area (Å²) >= 11 is 0. The largest absolute Gasteiger partial charge is 0.469 e. The zero-order valence-corrected chi connectivity index (χ0v) is 15.5. The van der Waals surface area contributed by atoms with Gasteiger partial charge in [-0.15, -0.1) is 0 Å². The van der Waals surface area contributed by atoms with Crippen LogP contribution in [0.1, 0.15) is 28.1 Å². The van der Waals surface area contributed by atoms with Crippen LogP contribution in [-0.2, 0) is 11.3 Å². The fourth-order valence-electron chi connectivity index (χ4n) is 2.83. The highest BCUT2D eigenvalue weighted by molar-refractivity contribution is 5.96. The van der Waals surface area contributed by atoms with E-state index in [0.29, 0.717) is 23.6 Å². The van der Waals surface area contributed by atoms with E-state index in [-0.39, 0.29) is 30.6 Å². The predicted octanol–water partition coefficient (Wildman–Crippen LogP) is 4.40. The lowest BCUT2D eigenvalue weighted by atomic mass is 10.1. The normalized spacial score (nSPS) is 10.5. The van der Waals surface area contributed by atoms with Gasteiger partial charge in [-0.25, -0.2) is 4.39 Å². The summed E-state index contributed by atoms with van der Waals surface area (Å²) in [4.78, 5) is 26.8. The summed E-state index contributed by atoms with van der Waals surface area (Å²) in [6.07, 6.45) is 1.59. The number of nitrogens with one attached hydrogen (secondary N) is 1. The van der Waals surface area contributed by atoms with Gasteiger partial charge in [0.25, 0.3) is 5.91 Å². The van der Waals surface area contributed by atoms with Crippen molar-refractivity contribution in [2.75, 3.05) is 11.9 Å². The topological polar surface area (TPSA) is 62.6 Å². The molecule has 0 bridgehead atoms. The van der Waals surface area contributed by atoms with Crippen LogP contribution in [0.25, 0.3) is 0 Å². The smallest absolute Gasteiger partial charge is 0.257 e. The van der Waals surface area contributed by atoms with Gasteiger partial charge in [0.15, 0.2) is 0 Å². The van der Waals surface area contributed by atoms with Crippen molar-refractivity contribution in [2.24, 2.45) is 0 Å². The molecule has 0 fully saturated rings. The lowest BCUT2D eigenvalue weighted by molar-refractivity contribution is -0.116. The molecular formula is C22H21FN2O3. The molecule has 5 nitrogen and oxygen atoms in total. The number of nitrogens with zero attached hydrogens (tertiary/aromatic N) is 1. The van der Waals surface area contributed by atoms with Crippen LogP contribution in [0.4, 0.5) is 10.1 Å². The third kappa shape index (κ3) is 5.07. The summed E-state index contributed by atoms with van der Waals surface area (Å²) in [5, 5.41) is 2.71. The first-order chi connectivity index (χ1) is 13.5. The summed E-state index contributed by atoms with van der Waals surface area (Å²) in [7, 11) is 0. The van der Waals surface area contributed by atoms with Crippen molar-refractivity contribution in [3.63, 3.8) is 0 Å². The van der Waals surface area contributed by atoms with Crippen molar-refractivity contribution < 1.29 is 18.4 Å². The van der Waals surface area contributed by atoms with E-state index in [9.17, 15) is 14.0 Å². The second-order valence-corrected chi connectivity index (χ2v) is 6.41. The second-order valence-electron chi connectivity index (χ2n) is 6.41. The van der Waals surface area contributed by atoms with Gasteiger partial charge in [0, 0.05) is 25.2 Å². The van der Waals surface area contributed by atoms with Gasteiger partial charge in [0.1, 0.15) is 11.6 Å². The number of hydrogen-bond acceptors (Lipinski definition) is 3. The molecule has 0 aliphatic carbocycles. The Labute approximate surface area is 162 Å².